The molecule has 4 heterocycles. The molecule has 0 aliphatic carbocycles. The number of carbonyl (C=O) groups excluding carboxylic acids is 1. The van der Waals surface area contributed by atoms with Crippen LogP contribution in [0.3, 0.4) is 0 Å². The molecule has 44 heavy (non-hydrogen) atoms. The summed E-state index contributed by atoms with van der Waals surface area (Å²) in [5.41, 5.74) is 4.28. The molecule has 4 aromatic rings. The molecule has 0 bridgehead atoms. The predicted molar refractivity (Wildman–Crippen MR) is 171 cm³/mol. The minimum absolute atomic E-state index is 0.0527. The van der Waals surface area contributed by atoms with Crippen LogP contribution in [0, 0.1) is 31.0 Å². The highest BCUT2D eigenvalue weighted by molar-refractivity contribution is 6.31. The van der Waals surface area contributed by atoms with Crippen molar-refractivity contribution in [3.8, 4) is 17.2 Å². The van der Waals surface area contributed by atoms with Crippen LogP contribution in [0.25, 0.3) is 33.1 Å². The van der Waals surface area contributed by atoms with Gasteiger partial charge in [-0.15, -0.1) is 5.10 Å². The molecule has 2 aliphatic rings. The lowest BCUT2D eigenvalue weighted by Crippen LogP contribution is -2.67. The third-order valence-corrected chi connectivity index (χ3v) is 10.0. The van der Waals surface area contributed by atoms with E-state index in [9.17, 15) is 10.1 Å². The predicted octanol–water partition coefficient (Wildman–Crippen LogP) is 5.83. The first kappa shape index (κ1) is 30.0. The Morgan fingerprint density at radius 2 is 2.05 bits per heavy atom. The molecule has 9 nitrogen and oxygen atoms in total. The lowest BCUT2D eigenvalue weighted by molar-refractivity contribution is -0.130. The van der Waals surface area contributed by atoms with E-state index in [-0.39, 0.29) is 35.5 Å². The number of piperidine rings is 1. The topological polar surface area (TPSA) is 94.2 Å². The van der Waals surface area contributed by atoms with Gasteiger partial charge in [0.05, 0.1) is 24.1 Å². The number of aryl methyl sites for hydroxylation is 1. The third kappa shape index (κ3) is 4.70. The maximum absolute atomic E-state index is 16.9. The maximum atomic E-state index is 16.9. The van der Waals surface area contributed by atoms with Gasteiger partial charge < -0.3 is 14.7 Å². The fourth-order valence-electron chi connectivity index (χ4n) is 6.76. The number of aromatic nitrogens is 4. The highest BCUT2D eigenvalue weighted by Crippen LogP contribution is 2.42. The molecule has 2 aromatic heterocycles. The SMILES string of the molecule is C=CC(=O)N1CC[C@H](n2nnc3c(N4CC(C)(N(C)C)C4)nc4c(F)c(-c5cccc(Cl)c5C)c(C)cc4c32)C[C@H]1CC#N. The lowest BCUT2D eigenvalue weighted by Gasteiger charge is -2.52. The van der Waals surface area contributed by atoms with Gasteiger partial charge in [0.2, 0.25) is 5.91 Å². The van der Waals surface area contributed by atoms with Crippen LogP contribution >= 0.6 is 11.6 Å². The number of halogens is 2. The van der Waals surface area contributed by atoms with Crippen molar-refractivity contribution in [2.45, 2.75) is 57.7 Å². The summed E-state index contributed by atoms with van der Waals surface area (Å²) < 4.78 is 18.7. The van der Waals surface area contributed by atoms with Gasteiger partial charge in [-0.25, -0.2) is 14.1 Å². The van der Waals surface area contributed by atoms with Gasteiger partial charge in [-0.2, -0.15) is 5.26 Å². The zero-order valence-corrected chi connectivity index (χ0v) is 26.5. The Kier molecular flexibility index (Phi) is 7.58. The van der Waals surface area contributed by atoms with Crippen molar-refractivity contribution in [3.05, 3.63) is 58.9 Å². The molecular weight excluding hydrogens is 579 g/mol. The van der Waals surface area contributed by atoms with Crippen molar-refractivity contribution in [1.29, 1.82) is 5.26 Å². The van der Waals surface area contributed by atoms with Crippen LogP contribution in [-0.2, 0) is 4.79 Å². The highest BCUT2D eigenvalue weighted by Gasteiger charge is 2.43. The zero-order chi connectivity index (χ0) is 31.5. The third-order valence-electron chi connectivity index (χ3n) is 9.61. The first-order chi connectivity index (χ1) is 21.0. The minimum Gasteiger partial charge on any atom is -0.351 e. The van der Waals surface area contributed by atoms with E-state index in [1.165, 1.54) is 6.08 Å². The molecule has 1 amide bonds. The van der Waals surface area contributed by atoms with Crippen LogP contribution in [0.15, 0.2) is 36.9 Å². The number of fused-ring (bicyclic) bond motifs is 3. The number of benzene rings is 2. The molecule has 228 valence electrons. The van der Waals surface area contributed by atoms with Crippen molar-refractivity contribution in [2.75, 3.05) is 38.6 Å². The zero-order valence-electron chi connectivity index (χ0n) is 25.7. The second-order valence-corrected chi connectivity index (χ2v) is 12.9. The fraction of sp³-hybridized carbons (Fsp3) is 0.424. The van der Waals surface area contributed by atoms with E-state index in [1.807, 2.05) is 36.7 Å². The number of rotatable bonds is 6. The van der Waals surface area contributed by atoms with E-state index in [4.69, 9.17) is 16.6 Å². The maximum Gasteiger partial charge on any atom is 0.246 e. The van der Waals surface area contributed by atoms with Crippen molar-refractivity contribution < 1.29 is 9.18 Å². The average molecular weight is 615 g/mol. The number of nitriles is 1. The number of amides is 1. The minimum atomic E-state index is -0.411. The summed E-state index contributed by atoms with van der Waals surface area (Å²) in [4.78, 5) is 23.5. The summed E-state index contributed by atoms with van der Waals surface area (Å²) >= 11 is 6.46. The lowest BCUT2D eigenvalue weighted by atomic mass is 9.90. The summed E-state index contributed by atoms with van der Waals surface area (Å²) in [5.74, 6) is 0.000649. The van der Waals surface area contributed by atoms with Gasteiger partial charge in [-0.1, -0.05) is 35.5 Å². The number of nitrogens with zero attached hydrogens (tertiary/aromatic N) is 8. The smallest absolute Gasteiger partial charge is 0.246 e. The van der Waals surface area contributed by atoms with Gasteiger partial charge in [0.25, 0.3) is 0 Å². The van der Waals surface area contributed by atoms with E-state index in [0.29, 0.717) is 65.3 Å². The second kappa shape index (κ2) is 11.1. The van der Waals surface area contributed by atoms with Gasteiger partial charge in [0.15, 0.2) is 17.2 Å². The summed E-state index contributed by atoms with van der Waals surface area (Å²) in [6, 6.07) is 9.28. The average Bonchev–Trinajstić information content (AvgIpc) is 3.43. The molecule has 2 fully saturated rings. The van der Waals surface area contributed by atoms with Gasteiger partial charge in [-0.3, -0.25) is 4.79 Å². The quantitative estimate of drug-likeness (QED) is 0.252. The van der Waals surface area contributed by atoms with Crippen molar-refractivity contribution in [3.63, 3.8) is 0 Å². The van der Waals surface area contributed by atoms with Gasteiger partial charge in [0, 0.05) is 41.6 Å². The molecule has 6 rings (SSSR count). The molecule has 2 atom stereocenters. The van der Waals surface area contributed by atoms with Gasteiger partial charge >= 0.3 is 0 Å². The molecule has 0 unspecified atom stereocenters. The number of carbonyl (C=O) groups is 1. The Morgan fingerprint density at radius 1 is 1.30 bits per heavy atom. The number of hydrogen-bond acceptors (Lipinski definition) is 7. The monoisotopic (exact) mass is 614 g/mol. The first-order valence-corrected chi connectivity index (χ1v) is 15.2. The highest BCUT2D eigenvalue weighted by atomic mass is 35.5. The summed E-state index contributed by atoms with van der Waals surface area (Å²) in [7, 11) is 4.11. The summed E-state index contributed by atoms with van der Waals surface area (Å²) in [6.45, 7) is 11.5. The number of anilines is 1. The Balaban J connectivity index is 1.56. The van der Waals surface area contributed by atoms with Crippen LogP contribution in [0.5, 0.6) is 0 Å². The number of likely N-dealkylation sites (tertiary alicyclic amines) is 1. The van der Waals surface area contributed by atoms with Crippen LogP contribution in [0.4, 0.5) is 10.2 Å². The number of pyridine rings is 1. The van der Waals surface area contributed by atoms with Crippen LogP contribution in [0.1, 0.15) is 43.4 Å². The van der Waals surface area contributed by atoms with E-state index in [2.05, 4.69) is 53.8 Å². The normalized spacial score (nSPS) is 19.8. The van der Waals surface area contributed by atoms with E-state index in [0.717, 1.165) is 16.7 Å². The molecule has 0 saturated carbocycles. The number of likely N-dealkylation sites (N-methyl/N-ethyl adjacent to an activating group) is 1. The fourth-order valence-corrected chi connectivity index (χ4v) is 6.94. The molecule has 0 spiro atoms. The molecule has 2 saturated heterocycles. The largest absolute Gasteiger partial charge is 0.351 e. The molecule has 0 radical (unpaired) electrons. The van der Waals surface area contributed by atoms with Crippen molar-refractivity contribution in [1.82, 2.24) is 29.8 Å². The molecular formula is C33H36ClFN8O. The Hall–Kier alpha value is -4.07. The van der Waals surface area contributed by atoms with Gasteiger partial charge in [0.1, 0.15) is 11.0 Å². The summed E-state index contributed by atoms with van der Waals surface area (Å²) in [6.07, 6.45) is 2.63. The Labute approximate surface area is 261 Å². The Morgan fingerprint density at radius 3 is 2.73 bits per heavy atom. The van der Waals surface area contributed by atoms with E-state index in [1.54, 1.807) is 11.0 Å². The standard InChI is InChI=1S/C33H36ClFN8O/c1-7-26(44)42-14-12-22(16-21(42)11-13-36)43-31-24-15-19(2)27(23-9-8-10-25(34)20(23)3)28(35)29(24)37-32(30(31)38-39-43)41-17-33(4,18-41)40(5)6/h7-10,15,21-22H,1,11-12,14,16-18H2,2-6H3/t21-,22+/m1/s1. The first-order valence-electron chi connectivity index (χ1n) is 14.8. The van der Waals surface area contributed by atoms with Crippen molar-refractivity contribution >= 4 is 45.3 Å². The molecule has 2 aromatic carbocycles. The second-order valence-electron chi connectivity index (χ2n) is 12.5. The molecule has 2 aliphatic heterocycles. The van der Waals surface area contributed by atoms with E-state index < -0.39 is 5.82 Å². The van der Waals surface area contributed by atoms with Crippen LogP contribution < -0.4 is 4.90 Å². The molecule has 0 N–H and O–H groups in total. The molecule has 11 heteroatoms. The van der Waals surface area contributed by atoms with Crippen molar-refractivity contribution in [2.24, 2.45) is 0 Å². The summed E-state index contributed by atoms with van der Waals surface area (Å²) in [5, 5.41) is 20.0. The Bertz CT molecular complexity index is 1850. The van der Waals surface area contributed by atoms with E-state index >= 15 is 4.39 Å². The van der Waals surface area contributed by atoms with Crippen LogP contribution in [-0.4, -0.2) is 81.0 Å². The van der Waals surface area contributed by atoms with Gasteiger partial charge in [-0.05, 0) is 82.6 Å². The number of hydrogen-bond donors (Lipinski definition) is 0. The van der Waals surface area contributed by atoms with Crippen LogP contribution in [0.2, 0.25) is 5.02 Å².